The van der Waals surface area contributed by atoms with Gasteiger partial charge in [-0.3, -0.25) is 9.69 Å². The third-order valence-corrected chi connectivity index (χ3v) is 4.80. The van der Waals surface area contributed by atoms with Gasteiger partial charge in [0.2, 0.25) is 0 Å². The zero-order chi connectivity index (χ0) is 20.3. The van der Waals surface area contributed by atoms with Gasteiger partial charge in [0.1, 0.15) is 23.6 Å². The number of urea groups is 1. The molecule has 148 valence electrons. The quantitative estimate of drug-likeness (QED) is 0.644. The van der Waals surface area contributed by atoms with E-state index in [-0.39, 0.29) is 18.9 Å². The third-order valence-electron chi connectivity index (χ3n) is 4.31. The highest BCUT2D eigenvalue weighted by atomic mass is 79.9. The summed E-state index contributed by atoms with van der Waals surface area (Å²) in [6, 6.07) is 12.3. The molecule has 0 bridgehead atoms. The number of imide groups is 1. The molecule has 0 saturated carbocycles. The predicted octanol–water partition coefficient (Wildman–Crippen LogP) is 3.90. The Hall–Kier alpha value is -2.68. The van der Waals surface area contributed by atoms with Crippen LogP contribution in [0.25, 0.3) is 0 Å². The number of amides is 3. The lowest BCUT2D eigenvalue weighted by Crippen LogP contribution is -2.41. The summed E-state index contributed by atoms with van der Waals surface area (Å²) in [5, 5.41) is 2.65. The molecule has 3 amide bonds. The molecular formula is C19H17BrF2N2O4. The number of carbonyl (C=O) groups is 2. The fourth-order valence-electron chi connectivity index (χ4n) is 2.88. The summed E-state index contributed by atoms with van der Waals surface area (Å²) in [5.74, 6) is 0.134. The van der Waals surface area contributed by atoms with Crippen LogP contribution in [0.5, 0.6) is 11.5 Å². The molecule has 0 radical (unpaired) electrons. The molecule has 1 aliphatic heterocycles. The summed E-state index contributed by atoms with van der Waals surface area (Å²) < 4.78 is 35.3. The molecule has 0 aliphatic carbocycles. The fraction of sp³-hybridized carbons (Fsp3) is 0.263. The predicted molar refractivity (Wildman–Crippen MR) is 100 cm³/mol. The Morgan fingerprint density at radius 1 is 1.14 bits per heavy atom. The number of hydrogen-bond donors (Lipinski definition) is 1. The number of hydrogen-bond acceptors (Lipinski definition) is 4. The number of benzene rings is 2. The van der Waals surface area contributed by atoms with E-state index in [1.54, 1.807) is 19.1 Å². The molecule has 1 saturated heterocycles. The average molecular weight is 455 g/mol. The zero-order valence-corrected chi connectivity index (χ0v) is 16.4. The molecule has 3 rings (SSSR count). The first-order valence-electron chi connectivity index (χ1n) is 8.37. The number of rotatable bonds is 7. The van der Waals surface area contributed by atoms with Crippen LogP contribution in [0.4, 0.5) is 13.6 Å². The van der Waals surface area contributed by atoms with E-state index >= 15 is 0 Å². The minimum Gasteiger partial charge on any atom is -0.492 e. The number of alkyl halides is 2. The van der Waals surface area contributed by atoms with Gasteiger partial charge in [-0.25, -0.2) is 4.79 Å². The van der Waals surface area contributed by atoms with Crippen molar-refractivity contribution in [3.05, 3.63) is 58.6 Å². The lowest BCUT2D eigenvalue weighted by molar-refractivity contribution is -0.131. The van der Waals surface area contributed by atoms with Gasteiger partial charge in [0.05, 0.1) is 6.54 Å². The molecule has 6 nitrogen and oxygen atoms in total. The first-order chi connectivity index (χ1) is 13.3. The van der Waals surface area contributed by atoms with Crippen LogP contribution in [0.3, 0.4) is 0 Å². The van der Waals surface area contributed by atoms with Gasteiger partial charge in [-0.15, -0.1) is 0 Å². The standard InChI is InChI=1S/C19H17BrF2N2O4/c1-19(12-5-7-14(8-6-12)28-17(21)22)16(25)24(18(26)23-19)9-10-27-15-4-2-3-13(20)11-15/h2-8,11,17H,9-10H2,1H3,(H,23,26)/t19-/m1/s1. The van der Waals surface area contributed by atoms with Gasteiger partial charge >= 0.3 is 12.6 Å². The van der Waals surface area contributed by atoms with E-state index in [1.165, 1.54) is 24.3 Å². The van der Waals surface area contributed by atoms with Gasteiger partial charge in [0, 0.05) is 4.47 Å². The number of ether oxygens (including phenoxy) is 2. The van der Waals surface area contributed by atoms with E-state index in [0.29, 0.717) is 11.3 Å². The molecule has 2 aromatic carbocycles. The summed E-state index contributed by atoms with van der Waals surface area (Å²) in [4.78, 5) is 26.2. The average Bonchev–Trinajstić information content (AvgIpc) is 2.86. The van der Waals surface area contributed by atoms with Crippen LogP contribution >= 0.6 is 15.9 Å². The van der Waals surface area contributed by atoms with Crippen LogP contribution in [-0.4, -0.2) is 36.6 Å². The smallest absolute Gasteiger partial charge is 0.387 e. The van der Waals surface area contributed by atoms with Crippen molar-refractivity contribution in [1.82, 2.24) is 10.2 Å². The Morgan fingerprint density at radius 3 is 2.50 bits per heavy atom. The Morgan fingerprint density at radius 2 is 1.86 bits per heavy atom. The molecular weight excluding hydrogens is 438 g/mol. The van der Waals surface area contributed by atoms with Gasteiger partial charge in [-0.1, -0.05) is 34.1 Å². The van der Waals surface area contributed by atoms with Crippen molar-refractivity contribution in [2.24, 2.45) is 0 Å². The van der Waals surface area contributed by atoms with Crippen LogP contribution in [0.1, 0.15) is 12.5 Å². The molecule has 1 atom stereocenters. The van der Waals surface area contributed by atoms with Crippen molar-refractivity contribution in [2.75, 3.05) is 13.2 Å². The second-order valence-corrected chi connectivity index (χ2v) is 7.14. The minimum absolute atomic E-state index is 0.0293. The number of nitrogens with zero attached hydrogens (tertiary/aromatic N) is 1. The number of nitrogens with one attached hydrogen (secondary N) is 1. The molecule has 0 aromatic heterocycles. The van der Waals surface area contributed by atoms with E-state index in [1.807, 2.05) is 12.1 Å². The maximum atomic E-state index is 12.8. The molecule has 1 N–H and O–H groups in total. The Balaban J connectivity index is 1.66. The maximum Gasteiger partial charge on any atom is 0.387 e. The molecule has 0 unspecified atom stereocenters. The van der Waals surface area contributed by atoms with Crippen LogP contribution in [0, 0.1) is 0 Å². The van der Waals surface area contributed by atoms with Gasteiger partial charge in [-0.05, 0) is 42.8 Å². The van der Waals surface area contributed by atoms with Crippen molar-refractivity contribution < 1.29 is 27.8 Å². The van der Waals surface area contributed by atoms with E-state index in [2.05, 4.69) is 26.0 Å². The van der Waals surface area contributed by atoms with Crippen molar-refractivity contribution in [3.63, 3.8) is 0 Å². The Bertz CT molecular complexity index is 878. The second-order valence-electron chi connectivity index (χ2n) is 6.22. The van der Waals surface area contributed by atoms with Crippen molar-refractivity contribution in [2.45, 2.75) is 19.1 Å². The number of carbonyl (C=O) groups excluding carboxylic acids is 2. The van der Waals surface area contributed by atoms with E-state index in [0.717, 1.165) is 9.37 Å². The van der Waals surface area contributed by atoms with Gasteiger partial charge in [0.25, 0.3) is 5.91 Å². The summed E-state index contributed by atoms with van der Waals surface area (Å²) >= 11 is 3.34. The summed E-state index contributed by atoms with van der Waals surface area (Å²) in [5.41, 5.74) is -0.834. The third kappa shape index (κ3) is 4.24. The summed E-state index contributed by atoms with van der Waals surface area (Å²) in [6.07, 6.45) is 0. The van der Waals surface area contributed by atoms with Gasteiger partial charge in [0.15, 0.2) is 0 Å². The first-order valence-corrected chi connectivity index (χ1v) is 9.17. The highest BCUT2D eigenvalue weighted by molar-refractivity contribution is 9.10. The number of halogens is 3. The maximum absolute atomic E-state index is 12.8. The lowest BCUT2D eigenvalue weighted by Gasteiger charge is -2.22. The molecule has 9 heteroatoms. The molecule has 0 spiro atoms. The molecule has 2 aromatic rings. The second kappa shape index (κ2) is 8.14. The van der Waals surface area contributed by atoms with Crippen LogP contribution in [0.2, 0.25) is 0 Å². The monoisotopic (exact) mass is 454 g/mol. The highest BCUT2D eigenvalue weighted by Crippen LogP contribution is 2.30. The Labute approximate surface area is 168 Å². The summed E-state index contributed by atoms with van der Waals surface area (Å²) in [7, 11) is 0. The fourth-order valence-corrected chi connectivity index (χ4v) is 3.26. The van der Waals surface area contributed by atoms with Crippen LogP contribution in [0.15, 0.2) is 53.0 Å². The van der Waals surface area contributed by atoms with E-state index in [9.17, 15) is 18.4 Å². The van der Waals surface area contributed by atoms with Crippen molar-refractivity contribution >= 4 is 27.9 Å². The topological polar surface area (TPSA) is 67.9 Å². The highest BCUT2D eigenvalue weighted by Gasteiger charge is 2.48. The van der Waals surface area contributed by atoms with Gasteiger partial charge < -0.3 is 14.8 Å². The lowest BCUT2D eigenvalue weighted by atomic mass is 9.92. The molecule has 1 aliphatic rings. The molecule has 28 heavy (non-hydrogen) atoms. The normalized spacial score (nSPS) is 19.1. The van der Waals surface area contributed by atoms with Crippen molar-refractivity contribution in [1.29, 1.82) is 0 Å². The summed E-state index contributed by atoms with van der Waals surface area (Å²) in [6.45, 7) is -1.17. The molecule has 1 heterocycles. The van der Waals surface area contributed by atoms with E-state index in [4.69, 9.17) is 4.74 Å². The van der Waals surface area contributed by atoms with Crippen LogP contribution in [-0.2, 0) is 10.3 Å². The Kier molecular flexibility index (Phi) is 5.83. The SMILES string of the molecule is C[C@]1(c2ccc(OC(F)F)cc2)NC(=O)N(CCOc2cccc(Br)c2)C1=O. The zero-order valence-electron chi connectivity index (χ0n) is 14.8. The minimum atomic E-state index is -2.94. The molecule has 1 fully saturated rings. The first kappa shape index (κ1) is 20.1. The van der Waals surface area contributed by atoms with Crippen LogP contribution < -0.4 is 14.8 Å². The van der Waals surface area contributed by atoms with E-state index < -0.39 is 24.1 Å². The van der Waals surface area contributed by atoms with Crippen molar-refractivity contribution in [3.8, 4) is 11.5 Å². The largest absolute Gasteiger partial charge is 0.492 e. The van der Waals surface area contributed by atoms with Gasteiger partial charge in [-0.2, -0.15) is 8.78 Å².